The van der Waals surface area contributed by atoms with Crippen LogP contribution in [-0.2, 0) is 11.3 Å². The van der Waals surface area contributed by atoms with Gasteiger partial charge < -0.3 is 15.4 Å². The van der Waals surface area contributed by atoms with Gasteiger partial charge in [0.1, 0.15) is 12.4 Å². The largest absolute Gasteiger partial charge is 0.490 e. The number of ether oxygens (including phenoxy) is 1. The summed E-state index contributed by atoms with van der Waals surface area (Å²) in [6.07, 6.45) is 5.24. The van der Waals surface area contributed by atoms with Crippen LogP contribution in [-0.4, -0.2) is 30.1 Å². The van der Waals surface area contributed by atoms with E-state index < -0.39 is 0 Å². The van der Waals surface area contributed by atoms with Crippen LogP contribution in [0, 0.1) is 0 Å². The van der Waals surface area contributed by atoms with Crippen molar-refractivity contribution in [2.45, 2.75) is 32.4 Å². The maximum absolute atomic E-state index is 11.4. The molecule has 5 heteroatoms. The molecule has 1 aromatic carbocycles. The Morgan fingerprint density at radius 3 is 2.96 bits per heavy atom. The first kappa shape index (κ1) is 16.5. The zero-order valence-corrected chi connectivity index (χ0v) is 13.9. The van der Waals surface area contributed by atoms with Gasteiger partial charge in [0.05, 0.1) is 6.20 Å². The third-order valence-electron chi connectivity index (χ3n) is 4.16. The lowest BCUT2D eigenvalue weighted by Crippen LogP contribution is -2.46. The Balaban J connectivity index is 1.67. The van der Waals surface area contributed by atoms with Crippen LogP contribution in [0.3, 0.4) is 0 Å². The highest BCUT2D eigenvalue weighted by molar-refractivity contribution is 5.75. The molecule has 0 bridgehead atoms. The van der Waals surface area contributed by atoms with E-state index in [0.29, 0.717) is 25.6 Å². The summed E-state index contributed by atoms with van der Waals surface area (Å²) in [4.78, 5) is 15.7. The normalized spacial score (nSPS) is 16.3. The molecule has 2 aromatic rings. The van der Waals surface area contributed by atoms with Crippen molar-refractivity contribution in [3.05, 3.63) is 48.3 Å². The summed E-state index contributed by atoms with van der Waals surface area (Å²) in [5, 5.41) is 6.22. The van der Waals surface area contributed by atoms with Gasteiger partial charge in [-0.3, -0.25) is 9.78 Å². The van der Waals surface area contributed by atoms with Gasteiger partial charge in [0, 0.05) is 30.8 Å². The van der Waals surface area contributed by atoms with Gasteiger partial charge in [-0.05, 0) is 36.2 Å². The predicted molar refractivity (Wildman–Crippen MR) is 93.7 cm³/mol. The van der Waals surface area contributed by atoms with Crippen molar-refractivity contribution in [2.24, 2.45) is 0 Å². The summed E-state index contributed by atoms with van der Waals surface area (Å²) >= 11 is 0. The molecule has 1 aromatic heterocycles. The summed E-state index contributed by atoms with van der Waals surface area (Å²) < 4.78 is 5.81. The van der Waals surface area contributed by atoms with E-state index in [4.69, 9.17) is 4.74 Å². The molecular weight excluding hydrogens is 302 g/mol. The molecule has 0 spiro atoms. The molecule has 1 amide bonds. The lowest BCUT2D eigenvalue weighted by Gasteiger charge is -2.27. The van der Waals surface area contributed by atoms with Crippen LogP contribution in [0.15, 0.2) is 42.7 Å². The number of nitrogens with one attached hydrogen (secondary N) is 2. The van der Waals surface area contributed by atoms with Crippen molar-refractivity contribution in [2.75, 3.05) is 13.2 Å². The number of aromatic nitrogens is 1. The average Bonchev–Trinajstić information content (AvgIpc) is 2.59. The molecule has 1 saturated heterocycles. The minimum absolute atomic E-state index is 0.0575. The van der Waals surface area contributed by atoms with Gasteiger partial charge in [0.25, 0.3) is 0 Å². The lowest BCUT2D eigenvalue weighted by atomic mass is 10.0. The third-order valence-corrected chi connectivity index (χ3v) is 4.16. The van der Waals surface area contributed by atoms with Crippen molar-refractivity contribution in [1.82, 2.24) is 15.6 Å². The van der Waals surface area contributed by atoms with E-state index in [-0.39, 0.29) is 5.91 Å². The van der Waals surface area contributed by atoms with E-state index in [2.05, 4.69) is 21.7 Å². The topological polar surface area (TPSA) is 63.2 Å². The number of hydrogen-bond acceptors (Lipinski definition) is 4. The molecule has 1 unspecified atom stereocenters. The van der Waals surface area contributed by atoms with E-state index in [1.54, 1.807) is 6.20 Å². The minimum atomic E-state index is 0.0575. The van der Waals surface area contributed by atoms with Gasteiger partial charge in [-0.2, -0.15) is 0 Å². The van der Waals surface area contributed by atoms with Crippen molar-refractivity contribution in [3.8, 4) is 16.9 Å². The first-order valence-electron chi connectivity index (χ1n) is 8.42. The quantitative estimate of drug-likeness (QED) is 0.821. The molecule has 3 rings (SSSR count). The zero-order valence-electron chi connectivity index (χ0n) is 13.9. The summed E-state index contributed by atoms with van der Waals surface area (Å²) in [5.74, 6) is 0.841. The van der Waals surface area contributed by atoms with Crippen LogP contribution in [0.4, 0.5) is 0 Å². The Hall–Kier alpha value is -2.40. The Bertz CT molecular complexity index is 699. The molecule has 1 atom stereocenters. The molecule has 126 valence electrons. The first-order valence-corrected chi connectivity index (χ1v) is 8.42. The standard InChI is InChI=1S/C19H23N3O2/c1-2-19(23)22-10-14-4-3-5-15(8-14)16-9-18(12-20-11-16)24-13-17-6-7-21-17/h3-5,8-9,11-12,17,21H,2,6-7,10,13H2,1H3,(H,22,23). The van der Waals surface area contributed by atoms with E-state index in [1.807, 2.05) is 37.4 Å². The highest BCUT2D eigenvalue weighted by Gasteiger charge is 2.16. The summed E-state index contributed by atoms with van der Waals surface area (Å²) in [6.45, 7) is 4.14. The van der Waals surface area contributed by atoms with Crippen molar-refractivity contribution >= 4 is 5.91 Å². The highest BCUT2D eigenvalue weighted by Crippen LogP contribution is 2.24. The molecule has 1 aliphatic heterocycles. The molecule has 5 nitrogen and oxygen atoms in total. The molecule has 0 aliphatic carbocycles. The van der Waals surface area contributed by atoms with E-state index in [1.165, 1.54) is 6.42 Å². The fraction of sp³-hybridized carbons (Fsp3) is 0.368. The Morgan fingerprint density at radius 2 is 2.21 bits per heavy atom. The van der Waals surface area contributed by atoms with Crippen LogP contribution in [0.25, 0.3) is 11.1 Å². The Kier molecular flexibility index (Phi) is 5.43. The SMILES string of the molecule is CCC(=O)NCc1cccc(-c2cncc(OCC3CCN3)c2)c1. The second kappa shape index (κ2) is 7.93. The van der Waals surface area contributed by atoms with Gasteiger partial charge in [0.2, 0.25) is 5.91 Å². The predicted octanol–water partition coefficient (Wildman–Crippen LogP) is 2.52. The number of pyridine rings is 1. The van der Waals surface area contributed by atoms with Gasteiger partial charge >= 0.3 is 0 Å². The number of hydrogen-bond donors (Lipinski definition) is 2. The van der Waals surface area contributed by atoms with Crippen molar-refractivity contribution < 1.29 is 9.53 Å². The summed E-state index contributed by atoms with van der Waals surface area (Å²) in [6, 6.07) is 10.6. The number of nitrogens with zero attached hydrogens (tertiary/aromatic N) is 1. The number of rotatable bonds is 7. The van der Waals surface area contributed by atoms with Crippen LogP contribution in [0.1, 0.15) is 25.3 Å². The molecule has 2 heterocycles. The van der Waals surface area contributed by atoms with E-state index in [0.717, 1.165) is 29.0 Å². The monoisotopic (exact) mass is 325 g/mol. The minimum Gasteiger partial charge on any atom is -0.490 e. The number of carbonyl (C=O) groups is 1. The molecular formula is C19H23N3O2. The maximum atomic E-state index is 11.4. The Labute approximate surface area is 142 Å². The number of amides is 1. The maximum Gasteiger partial charge on any atom is 0.219 e. The molecule has 0 radical (unpaired) electrons. The van der Waals surface area contributed by atoms with Gasteiger partial charge in [-0.15, -0.1) is 0 Å². The lowest BCUT2D eigenvalue weighted by molar-refractivity contribution is -0.120. The molecule has 1 aliphatic rings. The van der Waals surface area contributed by atoms with Crippen LogP contribution < -0.4 is 15.4 Å². The van der Waals surface area contributed by atoms with Crippen molar-refractivity contribution in [3.63, 3.8) is 0 Å². The number of carbonyl (C=O) groups excluding carboxylic acids is 1. The van der Waals surface area contributed by atoms with Gasteiger partial charge in [-0.1, -0.05) is 25.1 Å². The van der Waals surface area contributed by atoms with Crippen LogP contribution >= 0.6 is 0 Å². The molecule has 1 fully saturated rings. The van der Waals surface area contributed by atoms with Crippen LogP contribution in [0.2, 0.25) is 0 Å². The molecule has 2 N–H and O–H groups in total. The van der Waals surface area contributed by atoms with E-state index in [9.17, 15) is 4.79 Å². The molecule has 0 saturated carbocycles. The fourth-order valence-electron chi connectivity index (χ4n) is 2.53. The second-order valence-electron chi connectivity index (χ2n) is 5.99. The van der Waals surface area contributed by atoms with E-state index >= 15 is 0 Å². The summed E-state index contributed by atoms with van der Waals surface area (Å²) in [5.41, 5.74) is 3.15. The average molecular weight is 325 g/mol. The first-order chi connectivity index (χ1) is 11.7. The van der Waals surface area contributed by atoms with Crippen molar-refractivity contribution in [1.29, 1.82) is 0 Å². The zero-order chi connectivity index (χ0) is 16.8. The second-order valence-corrected chi connectivity index (χ2v) is 5.99. The highest BCUT2D eigenvalue weighted by atomic mass is 16.5. The molecule has 24 heavy (non-hydrogen) atoms. The Morgan fingerprint density at radius 1 is 1.33 bits per heavy atom. The number of benzene rings is 1. The van der Waals surface area contributed by atoms with Crippen LogP contribution in [0.5, 0.6) is 5.75 Å². The van der Waals surface area contributed by atoms with Gasteiger partial charge in [0.15, 0.2) is 0 Å². The summed E-state index contributed by atoms with van der Waals surface area (Å²) in [7, 11) is 0. The smallest absolute Gasteiger partial charge is 0.219 e. The third kappa shape index (κ3) is 4.32. The van der Waals surface area contributed by atoms with Gasteiger partial charge in [-0.25, -0.2) is 0 Å². The fourth-order valence-corrected chi connectivity index (χ4v) is 2.53.